The van der Waals surface area contributed by atoms with Crippen LogP contribution in [0.5, 0.6) is 0 Å². The van der Waals surface area contributed by atoms with Crippen LogP contribution in [0, 0.1) is 5.92 Å². The molecular formula is C57H46. The van der Waals surface area contributed by atoms with Crippen molar-refractivity contribution in [1.29, 1.82) is 0 Å². The van der Waals surface area contributed by atoms with E-state index >= 15 is 0 Å². The predicted molar refractivity (Wildman–Crippen MR) is 240 cm³/mol. The summed E-state index contributed by atoms with van der Waals surface area (Å²) in [5, 5.41) is 8.14. The molecule has 4 aliphatic carbocycles. The SMILES string of the molecule is CC(C)(C)c1cc(-c2ccc3cc4c(cc3c2)C2=c3c-4cccc3=C3c4ccccc4C4(c5ccccc5-c5ccccc54)C3C2)c2cc(C(C)(C)C)ccc2c1. The van der Waals surface area contributed by atoms with E-state index in [0.717, 1.165) is 6.42 Å². The van der Waals surface area contributed by atoms with E-state index in [-0.39, 0.29) is 22.2 Å². The Labute approximate surface area is 335 Å². The zero-order valence-corrected chi connectivity index (χ0v) is 33.7. The van der Waals surface area contributed by atoms with Crippen LogP contribution in [-0.4, -0.2) is 0 Å². The molecule has 8 aromatic rings. The van der Waals surface area contributed by atoms with Crippen LogP contribution in [0.4, 0.5) is 0 Å². The van der Waals surface area contributed by atoms with Crippen LogP contribution >= 0.6 is 0 Å². The molecule has 274 valence electrons. The van der Waals surface area contributed by atoms with Crippen LogP contribution in [0.2, 0.25) is 0 Å². The number of hydrogen-bond acceptors (Lipinski definition) is 0. The molecule has 0 fully saturated rings. The van der Waals surface area contributed by atoms with Gasteiger partial charge in [-0.3, -0.25) is 0 Å². The van der Waals surface area contributed by atoms with Crippen molar-refractivity contribution < 1.29 is 0 Å². The summed E-state index contributed by atoms with van der Waals surface area (Å²) in [5.74, 6) is 0.286. The van der Waals surface area contributed by atoms with Gasteiger partial charge >= 0.3 is 0 Å². The summed E-state index contributed by atoms with van der Waals surface area (Å²) >= 11 is 0. The molecule has 0 bridgehead atoms. The molecule has 8 aromatic carbocycles. The second-order valence-electron chi connectivity index (χ2n) is 19.2. The Morgan fingerprint density at radius 1 is 0.439 bits per heavy atom. The van der Waals surface area contributed by atoms with Crippen LogP contribution in [-0.2, 0) is 16.2 Å². The largest absolute Gasteiger partial charge is 0.0619 e. The van der Waals surface area contributed by atoms with E-state index in [0.29, 0.717) is 0 Å². The minimum absolute atomic E-state index is 0.0396. The summed E-state index contributed by atoms with van der Waals surface area (Å²) in [6.07, 6.45) is 1.00. The lowest BCUT2D eigenvalue weighted by atomic mass is 9.64. The summed E-state index contributed by atoms with van der Waals surface area (Å²) in [5.41, 5.74) is 21.0. The van der Waals surface area contributed by atoms with E-state index in [1.165, 1.54) is 115 Å². The Balaban J connectivity index is 1.09. The van der Waals surface area contributed by atoms with Gasteiger partial charge in [-0.1, -0.05) is 169 Å². The van der Waals surface area contributed by atoms with Gasteiger partial charge in [-0.15, -0.1) is 0 Å². The molecule has 0 aromatic heterocycles. The smallest absolute Gasteiger partial charge is 0.0541 e. The number of fused-ring (bicyclic) bond motifs is 15. The molecule has 1 spiro atoms. The molecule has 4 aliphatic rings. The van der Waals surface area contributed by atoms with E-state index in [1.54, 1.807) is 0 Å². The Morgan fingerprint density at radius 2 is 1.05 bits per heavy atom. The van der Waals surface area contributed by atoms with Crippen molar-refractivity contribution in [2.75, 3.05) is 0 Å². The van der Waals surface area contributed by atoms with Gasteiger partial charge in [0.05, 0.1) is 5.41 Å². The molecule has 0 heterocycles. The minimum atomic E-state index is -0.238. The van der Waals surface area contributed by atoms with Crippen LogP contribution in [0.3, 0.4) is 0 Å². The molecule has 1 unspecified atom stereocenters. The Morgan fingerprint density at radius 3 is 1.75 bits per heavy atom. The third-order valence-electron chi connectivity index (χ3n) is 14.2. The van der Waals surface area contributed by atoms with Gasteiger partial charge in [0.2, 0.25) is 0 Å². The van der Waals surface area contributed by atoms with E-state index in [9.17, 15) is 0 Å². The zero-order chi connectivity index (χ0) is 38.6. The summed E-state index contributed by atoms with van der Waals surface area (Å²) in [4.78, 5) is 0. The molecule has 0 N–H and O–H groups in total. The minimum Gasteiger partial charge on any atom is -0.0619 e. The number of benzene rings is 8. The molecule has 0 heteroatoms. The van der Waals surface area contributed by atoms with Crippen molar-refractivity contribution in [1.82, 2.24) is 0 Å². The molecule has 12 rings (SSSR count). The molecule has 57 heavy (non-hydrogen) atoms. The molecule has 0 saturated carbocycles. The Hall–Kier alpha value is -5.98. The highest BCUT2D eigenvalue weighted by Crippen LogP contribution is 2.65. The molecule has 0 nitrogen and oxygen atoms in total. The van der Waals surface area contributed by atoms with Crippen LogP contribution < -0.4 is 10.4 Å². The number of hydrogen-bond donors (Lipinski definition) is 0. The first kappa shape index (κ1) is 33.2. The third kappa shape index (κ3) is 4.34. The van der Waals surface area contributed by atoms with Crippen molar-refractivity contribution in [3.8, 4) is 33.4 Å². The second kappa shape index (κ2) is 11.1. The van der Waals surface area contributed by atoms with Crippen LogP contribution in [0.15, 0.2) is 152 Å². The highest BCUT2D eigenvalue weighted by atomic mass is 14.6. The Kier molecular flexibility index (Phi) is 6.47. The summed E-state index contributed by atoms with van der Waals surface area (Å²) < 4.78 is 0. The topological polar surface area (TPSA) is 0 Å². The lowest BCUT2D eigenvalue weighted by molar-refractivity contribution is 0.498. The summed E-state index contributed by atoms with van der Waals surface area (Å²) in [6.45, 7) is 13.9. The standard InChI is InChI=1S/C57H46/c1-55(2,3)37-25-24-35-27-38(56(4,5)6)31-45(44(35)30-37)34-23-22-33-28-46-41-17-13-18-43-53(41)48(47(46)29-36(33)26-34)32-52-54(43)42-16-9-12-21-51(42)57(52)49-19-10-7-14-39(49)40-15-8-11-20-50(40)57/h7-31,52H,32H2,1-6H3. The average molecular weight is 731 g/mol. The van der Waals surface area contributed by atoms with E-state index < -0.39 is 0 Å². The first-order valence-corrected chi connectivity index (χ1v) is 20.9. The van der Waals surface area contributed by atoms with Gasteiger partial charge in [-0.05, 0) is 157 Å². The molecular weight excluding hydrogens is 685 g/mol. The van der Waals surface area contributed by atoms with Gasteiger partial charge in [-0.2, -0.15) is 0 Å². The highest BCUT2D eigenvalue weighted by Gasteiger charge is 2.57. The maximum absolute atomic E-state index is 2.54. The lowest BCUT2D eigenvalue weighted by Gasteiger charge is -2.37. The normalized spacial score (nSPS) is 16.8. The molecule has 1 atom stereocenters. The van der Waals surface area contributed by atoms with Gasteiger partial charge in [0.25, 0.3) is 0 Å². The molecule has 0 amide bonds. The maximum atomic E-state index is 2.54. The van der Waals surface area contributed by atoms with Gasteiger partial charge in [0.15, 0.2) is 0 Å². The number of rotatable bonds is 1. The molecule has 0 saturated heterocycles. The van der Waals surface area contributed by atoms with E-state index in [2.05, 4.69) is 193 Å². The fraction of sp³-hybridized carbons (Fsp3) is 0.193. The van der Waals surface area contributed by atoms with Gasteiger partial charge in [0, 0.05) is 5.92 Å². The quantitative estimate of drug-likeness (QED) is 0.158. The first-order chi connectivity index (χ1) is 27.5. The molecule has 0 radical (unpaired) electrons. The summed E-state index contributed by atoms with van der Waals surface area (Å²) in [7, 11) is 0. The van der Waals surface area contributed by atoms with Crippen molar-refractivity contribution in [3.63, 3.8) is 0 Å². The fourth-order valence-electron chi connectivity index (χ4n) is 11.5. The van der Waals surface area contributed by atoms with Crippen molar-refractivity contribution in [2.24, 2.45) is 5.92 Å². The maximum Gasteiger partial charge on any atom is 0.0541 e. The average Bonchev–Trinajstić information content (AvgIpc) is 3.81. The van der Waals surface area contributed by atoms with Crippen molar-refractivity contribution in [3.05, 3.63) is 201 Å². The van der Waals surface area contributed by atoms with E-state index in [4.69, 9.17) is 0 Å². The van der Waals surface area contributed by atoms with Crippen molar-refractivity contribution >= 4 is 32.7 Å². The first-order valence-electron chi connectivity index (χ1n) is 20.9. The van der Waals surface area contributed by atoms with Gasteiger partial charge < -0.3 is 0 Å². The predicted octanol–water partition coefficient (Wildman–Crippen LogP) is 13.0. The monoisotopic (exact) mass is 730 g/mol. The summed E-state index contributed by atoms with van der Waals surface area (Å²) in [6, 6.07) is 59.2. The van der Waals surface area contributed by atoms with Gasteiger partial charge in [-0.25, -0.2) is 0 Å². The van der Waals surface area contributed by atoms with Crippen LogP contribution in [0.1, 0.15) is 86.9 Å². The van der Waals surface area contributed by atoms with Gasteiger partial charge in [0.1, 0.15) is 0 Å². The van der Waals surface area contributed by atoms with Crippen molar-refractivity contribution in [2.45, 2.75) is 64.2 Å². The third-order valence-corrected chi connectivity index (χ3v) is 14.2. The fourth-order valence-corrected chi connectivity index (χ4v) is 11.5. The highest BCUT2D eigenvalue weighted by molar-refractivity contribution is 6.04. The molecule has 0 aliphatic heterocycles. The van der Waals surface area contributed by atoms with Crippen LogP contribution in [0.25, 0.3) is 66.1 Å². The zero-order valence-electron chi connectivity index (χ0n) is 33.7. The Bertz CT molecular complexity index is 3180. The van der Waals surface area contributed by atoms with E-state index in [1.807, 2.05) is 0 Å². The lowest BCUT2D eigenvalue weighted by Crippen LogP contribution is -2.40. The second-order valence-corrected chi connectivity index (χ2v) is 19.2.